The molecule has 0 spiro atoms. The number of halogens is 1. The number of hydrogen-bond acceptors (Lipinski definition) is 3. The summed E-state index contributed by atoms with van der Waals surface area (Å²) >= 11 is 6.11. The molecule has 2 unspecified atom stereocenters. The van der Waals surface area contributed by atoms with Crippen LogP contribution in [0.25, 0.3) is 0 Å². The summed E-state index contributed by atoms with van der Waals surface area (Å²) in [6.07, 6.45) is 0.811. The highest BCUT2D eigenvalue weighted by Gasteiger charge is 2.41. The number of nitriles is 1. The first-order valence-electron chi connectivity index (χ1n) is 5.70. The van der Waals surface area contributed by atoms with Crippen molar-refractivity contribution in [1.82, 2.24) is 4.90 Å². The molecule has 1 fully saturated rings. The van der Waals surface area contributed by atoms with Gasteiger partial charge in [-0.2, -0.15) is 5.26 Å². The van der Waals surface area contributed by atoms with Crippen LogP contribution in [-0.4, -0.2) is 30.1 Å². The summed E-state index contributed by atoms with van der Waals surface area (Å²) in [6.45, 7) is 2.85. The van der Waals surface area contributed by atoms with Crippen LogP contribution in [0.4, 0.5) is 5.69 Å². The van der Waals surface area contributed by atoms with E-state index in [0.29, 0.717) is 11.1 Å². The zero-order valence-corrected chi connectivity index (χ0v) is 10.8. The van der Waals surface area contributed by atoms with Crippen LogP contribution in [0.15, 0.2) is 24.3 Å². The summed E-state index contributed by atoms with van der Waals surface area (Å²) in [5.41, 5.74) is 0.303. The highest BCUT2D eigenvalue weighted by molar-refractivity contribution is 6.33. The van der Waals surface area contributed by atoms with Gasteiger partial charge in [-0.1, -0.05) is 23.7 Å². The van der Waals surface area contributed by atoms with E-state index in [4.69, 9.17) is 11.6 Å². The lowest BCUT2D eigenvalue weighted by Gasteiger charge is -2.24. The van der Waals surface area contributed by atoms with Gasteiger partial charge >= 0.3 is 0 Å². The Kier molecular flexibility index (Phi) is 3.28. The van der Waals surface area contributed by atoms with Crippen LogP contribution < -0.4 is 5.32 Å². The van der Waals surface area contributed by atoms with Crippen molar-refractivity contribution in [3.8, 4) is 6.07 Å². The molecule has 3 nitrogen and oxygen atoms in total. The van der Waals surface area contributed by atoms with Crippen molar-refractivity contribution in [3.63, 3.8) is 0 Å². The lowest BCUT2D eigenvalue weighted by Crippen LogP contribution is -2.39. The molecule has 1 saturated heterocycles. The largest absolute Gasteiger partial charge is 0.365 e. The van der Waals surface area contributed by atoms with Gasteiger partial charge in [0.2, 0.25) is 0 Å². The number of para-hydroxylation sites is 1. The average Bonchev–Trinajstić information content (AvgIpc) is 2.59. The molecule has 1 aromatic carbocycles. The summed E-state index contributed by atoms with van der Waals surface area (Å²) in [6, 6.07) is 10.4. The second-order valence-corrected chi connectivity index (χ2v) is 5.17. The van der Waals surface area contributed by atoms with Crippen molar-refractivity contribution in [2.45, 2.75) is 24.9 Å². The van der Waals surface area contributed by atoms with E-state index < -0.39 is 5.54 Å². The molecule has 1 N–H and O–H groups in total. The normalized spacial score (nSPS) is 28.9. The fourth-order valence-corrected chi connectivity index (χ4v) is 2.51. The van der Waals surface area contributed by atoms with Gasteiger partial charge < -0.3 is 10.2 Å². The van der Waals surface area contributed by atoms with Crippen LogP contribution in [0.1, 0.15) is 13.3 Å². The van der Waals surface area contributed by atoms with Crippen molar-refractivity contribution in [2.24, 2.45) is 0 Å². The molecule has 2 rings (SSSR count). The SMILES string of the molecule is CC1CC(C#N)(Nc2ccccc2Cl)CN1C. The molecule has 4 heteroatoms. The van der Waals surface area contributed by atoms with Gasteiger partial charge in [-0.3, -0.25) is 0 Å². The Balaban J connectivity index is 2.23. The van der Waals surface area contributed by atoms with E-state index in [0.717, 1.165) is 18.7 Å². The van der Waals surface area contributed by atoms with E-state index in [1.165, 1.54) is 0 Å². The number of nitrogens with zero attached hydrogens (tertiary/aromatic N) is 2. The van der Waals surface area contributed by atoms with E-state index in [2.05, 4.69) is 23.2 Å². The molecular weight excluding hydrogens is 234 g/mol. The maximum absolute atomic E-state index is 9.42. The number of benzene rings is 1. The third-order valence-electron chi connectivity index (χ3n) is 3.38. The lowest BCUT2D eigenvalue weighted by atomic mass is 9.98. The average molecular weight is 250 g/mol. The van der Waals surface area contributed by atoms with Crippen molar-refractivity contribution in [1.29, 1.82) is 5.26 Å². The number of likely N-dealkylation sites (N-methyl/N-ethyl adjacent to an activating group) is 1. The summed E-state index contributed by atoms with van der Waals surface area (Å²) < 4.78 is 0. The van der Waals surface area contributed by atoms with Gasteiger partial charge in [-0.05, 0) is 26.1 Å². The molecule has 90 valence electrons. The summed E-state index contributed by atoms with van der Waals surface area (Å²) in [5, 5.41) is 13.4. The molecule has 0 aromatic heterocycles. The van der Waals surface area contributed by atoms with Gasteiger partial charge in [0.1, 0.15) is 5.54 Å². The maximum Gasteiger partial charge on any atom is 0.139 e. The van der Waals surface area contributed by atoms with Crippen molar-refractivity contribution in [3.05, 3.63) is 29.3 Å². The molecule has 17 heavy (non-hydrogen) atoms. The minimum Gasteiger partial charge on any atom is -0.365 e. The quantitative estimate of drug-likeness (QED) is 0.876. The lowest BCUT2D eigenvalue weighted by molar-refractivity contribution is 0.327. The smallest absolute Gasteiger partial charge is 0.139 e. The first kappa shape index (κ1) is 12.2. The zero-order valence-electron chi connectivity index (χ0n) is 10.1. The molecule has 1 aromatic rings. The Morgan fingerprint density at radius 1 is 1.53 bits per heavy atom. The predicted octanol–water partition coefficient (Wildman–Crippen LogP) is 2.74. The van der Waals surface area contributed by atoms with E-state index in [-0.39, 0.29) is 0 Å². The minimum absolute atomic E-state index is 0.407. The molecule has 1 aliphatic heterocycles. The van der Waals surface area contributed by atoms with Crippen LogP contribution >= 0.6 is 11.6 Å². The van der Waals surface area contributed by atoms with Gasteiger partial charge in [-0.25, -0.2) is 0 Å². The maximum atomic E-state index is 9.42. The highest BCUT2D eigenvalue weighted by Crippen LogP contribution is 2.31. The standard InChI is InChI=1S/C13H16ClN3/c1-10-7-13(8-15,9-17(10)2)16-12-6-4-3-5-11(12)14/h3-6,10,16H,7,9H2,1-2H3. The molecule has 0 saturated carbocycles. The molecule has 0 bridgehead atoms. The van der Waals surface area contributed by atoms with Crippen LogP contribution in [0.5, 0.6) is 0 Å². The second-order valence-electron chi connectivity index (χ2n) is 4.77. The van der Waals surface area contributed by atoms with E-state index >= 15 is 0 Å². The Labute approximate surface area is 107 Å². The zero-order chi connectivity index (χ0) is 12.5. The monoisotopic (exact) mass is 249 g/mol. The summed E-state index contributed by atoms with van der Waals surface area (Å²) in [5.74, 6) is 0. The predicted molar refractivity (Wildman–Crippen MR) is 70.1 cm³/mol. The Bertz CT molecular complexity index is 442. The molecule has 1 heterocycles. The number of rotatable bonds is 2. The number of anilines is 1. The van der Waals surface area contributed by atoms with Gasteiger partial charge in [0.05, 0.1) is 16.8 Å². The highest BCUT2D eigenvalue weighted by atomic mass is 35.5. The van der Waals surface area contributed by atoms with Crippen molar-refractivity contribution in [2.75, 3.05) is 18.9 Å². The minimum atomic E-state index is -0.529. The molecule has 2 atom stereocenters. The van der Waals surface area contributed by atoms with Gasteiger partial charge in [0.15, 0.2) is 0 Å². The molecule has 1 aliphatic rings. The first-order chi connectivity index (χ1) is 8.06. The Morgan fingerprint density at radius 2 is 2.24 bits per heavy atom. The third kappa shape index (κ3) is 2.38. The fraction of sp³-hybridized carbons (Fsp3) is 0.462. The molecule has 0 aliphatic carbocycles. The van der Waals surface area contributed by atoms with Crippen LogP contribution in [0, 0.1) is 11.3 Å². The third-order valence-corrected chi connectivity index (χ3v) is 3.71. The van der Waals surface area contributed by atoms with Crippen LogP contribution in [-0.2, 0) is 0 Å². The molecular formula is C13H16ClN3. The van der Waals surface area contributed by atoms with E-state index in [9.17, 15) is 5.26 Å². The second kappa shape index (κ2) is 4.56. The summed E-state index contributed by atoms with van der Waals surface area (Å²) in [4.78, 5) is 2.19. The molecule has 0 radical (unpaired) electrons. The topological polar surface area (TPSA) is 39.1 Å². The Morgan fingerprint density at radius 3 is 2.76 bits per heavy atom. The molecule has 0 amide bonds. The van der Waals surface area contributed by atoms with E-state index in [1.54, 1.807) is 0 Å². The van der Waals surface area contributed by atoms with Gasteiger partial charge in [0, 0.05) is 19.0 Å². The van der Waals surface area contributed by atoms with Gasteiger partial charge in [0.25, 0.3) is 0 Å². The van der Waals surface area contributed by atoms with E-state index in [1.807, 2.05) is 31.3 Å². The van der Waals surface area contributed by atoms with Crippen molar-refractivity contribution >= 4 is 17.3 Å². The van der Waals surface area contributed by atoms with Crippen LogP contribution in [0.2, 0.25) is 5.02 Å². The number of hydrogen-bond donors (Lipinski definition) is 1. The van der Waals surface area contributed by atoms with Crippen LogP contribution in [0.3, 0.4) is 0 Å². The number of nitrogens with one attached hydrogen (secondary N) is 1. The van der Waals surface area contributed by atoms with Crippen molar-refractivity contribution < 1.29 is 0 Å². The van der Waals surface area contributed by atoms with Gasteiger partial charge in [-0.15, -0.1) is 0 Å². The number of likely N-dealkylation sites (tertiary alicyclic amines) is 1. The fourth-order valence-electron chi connectivity index (χ4n) is 2.33. The summed E-state index contributed by atoms with van der Waals surface area (Å²) in [7, 11) is 2.04. The first-order valence-corrected chi connectivity index (χ1v) is 6.08. The Hall–Kier alpha value is -1.24.